The van der Waals surface area contributed by atoms with Crippen molar-refractivity contribution < 1.29 is 19.1 Å². The minimum atomic E-state index is -0.601. The average molecular weight is 256 g/mol. The zero-order valence-corrected chi connectivity index (χ0v) is 10.4. The fourth-order valence-electron chi connectivity index (χ4n) is 2.25. The van der Waals surface area contributed by atoms with Crippen molar-refractivity contribution in [2.45, 2.75) is 13.3 Å². The first-order valence-corrected chi connectivity index (χ1v) is 6.17. The van der Waals surface area contributed by atoms with Crippen LogP contribution >= 0.6 is 0 Å². The highest BCUT2D eigenvalue weighted by Gasteiger charge is 2.27. The van der Waals surface area contributed by atoms with Crippen molar-refractivity contribution >= 4 is 22.7 Å². The van der Waals surface area contributed by atoms with Gasteiger partial charge in [0.05, 0.1) is 17.7 Å². The summed E-state index contributed by atoms with van der Waals surface area (Å²) in [6.07, 6.45) is 0.893. The minimum absolute atomic E-state index is 0.411. The Morgan fingerprint density at radius 3 is 2.53 bits per heavy atom. The van der Waals surface area contributed by atoms with Gasteiger partial charge in [0.2, 0.25) is 0 Å². The van der Waals surface area contributed by atoms with E-state index in [1.807, 2.05) is 13.0 Å². The third kappa shape index (κ3) is 1.76. The minimum Gasteiger partial charge on any atom is -0.493 e. The van der Waals surface area contributed by atoms with Gasteiger partial charge in [0.1, 0.15) is 5.75 Å². The van der Waals surface area contributed by atoms with Crippen molar-refractivity contribution in [1.82, 2.24) is 0 Å². The van der Waals surface area contributed by atoms with E-state index in [1.165, 1.54) is 0 Å². The lowest BCUT2D eigenvalue weighted by Crippen LogP contribution is -2.19. The van der Waals surface area contributed by atoms with E-state index in [9.17, 15) is 9.59 Å². The Labute approximate surface area is 109 Å². The number of benzene rings is 2. The van der Waals surface area contributed by atoms with E-state index in [2.05, 4.69) is 0 Å². The topological polar surface area (TPSA) is 52.6 Å². The second-order valence-corrected chi connectivity index (χ2v) is 4.36. The molecule has 1 aliphatic heterocycles. The number of carbonyl (C=O) groups is 2. The Balaban J connectivity index is 2.29. The van der Waals surface area contributed by atoms with Crippen LogP contribution in [0.2, 0.25) is 0 Å². The molecule has 2 aromatic rings. The SMILES string of the molecule is CCCOc1ccc2c3c(cccc13)C(=O)OC2=O. The van der Waals surface area contributed by atoms with E-state index in [0.29, 0.717) is 28.9 Å². The molecule has 1 aliphatic rings. The predicted octanol–water partition coefficient (Wildman–Crippen LogP) is 2.94. The summed E-state index contributed by atoms with van der Waals surface area (Å²) in [4.78, 5) is 23.4. The Hall–Kier alpha value is -2.36. The number of carbonyl (C=O) groups excluding carboxylic acids is 2. The molecule has 0 bridgehead atoms. The summed E-state index contributed by atoms with van der Waals surface area (Å²) >= 11 is 0. The first-order chi connectivity index (χ1) is 9.22. The zero-order valence-electron chi connectivity index (χ0n) is 10.4. The summed E-state index contributed by atoms with van der Waals surface area (Å²) in [5.41, 5.74) is 0.822. The molecule has 0 amide bonds. The maximum Gasteiger partial charge on any atom is 0.346 e. The quantitative estimate of drug-likeness (QED) is 0.625. The first kappa shape index (κ1) is 11.7. The van der Waals surface area contributed by atoms with Crippen LogP contribution in [0.25, 0.3) is 10.8 Å². The van der Waals surface area contributed by atoms with Gasteiger partial charge in [-0.1, -0.05) is 19.1 Å². The molecule has 2 aromatic carbocycles. The number of hydrogen-bond acceptors (Lipinski definition) is 4. The maximum absolute atomic E-state index is 11.7. The lowest BCUT2D eigenvalue weighted by molar-refractivity contribution is 0.0391. The van der Waals surface area contributed by atoms with Gasteiger partial charge in [-0.15, -0.1) is 0 Å². The lowest BCUT2D eigenvalue weighted by atomic mass is 9.97. The second-order valence-electron chi connectivity index (χ2n) is 4.36. The van der Waals surface area contributed by atoms with Gasteiger partial charge < -0.3 is 9.47 Å². The zero-order chi connectivity index (χ0) is 13.4. The Morgan fingerprint density at radius 1 is 1.05 bits per heavy atom. The van der Waals surface area contributed by atoms with Gasteiger partial charge >= 0.3 is 11.9 Å². The van der Waals surface area contributed by atoms with E-state index >= 15 is 0 Å². The highest BCUT2D eigenvalue weighted by atomic mass is 16.6. The molecule has 96 valence electrons. The smallest absolute Gasteiger partial charge is 0.346 e. The number of ether oxygens (including phenoxy) is 2. The molecule has 1 heterocycles. The number of hydrogen-bond donors (Lipinski definition) is 0. The molecule has 0 spiro atoms. The van der Waals surface area contributed by atoms with Crippen LogP contribution in [-0.2, 0) is 4.74 Å². The molecule has 4 heteroatoms. The van der Waals surface area contributed by atoms with Crippen molar-refractivity contribution in [2.24, 2.45) is 0 Å². The third-order valence-electron chi connectivity index (χ3n) is 3.09. The van der Waals surface area contributed by atoms with Gasteiger partial charge in [-0.2, -0.15) is 0 Å². The fourth-order valence-corrected chi connectivity index (χ4v) is 2.25. The summed E-state index contributed by atoms with van der Waals surface area (Å²) in [5, 5.41) is 1.39. The normalized spacial score (nSPS) is 13.5. The van der Waals surface area contributed by atoms with Crippen LogP contribution in [0.3, 0.4) is 0 Å². The molecular weight excluding hydrogens is 244 g/mol. The van der Waals surface area contributed by atoms with Crippen LogP contribution in [0.15, 0.2) is 30.3 Å². The first-order valence-electron chi connectivity index (χ1n) is 6.17. The average Bonchev–Trinajstić information content (AvgIpc) is 2.42. The molecule has 19 heavy (non-hydrogen) atoms. The van der Waals surface area contributed by atoms with Crippen LogP contribution in [0.1, 0.15) is 34.1 Å². The molecule has 0 saturated carbocycles. The molecular formula is C15H12O4. The summed E-state index contributed by atoms with van der Waals surface area (Å²) in [6.45, 7) is 2.61. The number of cyclic esters (lactones) is 2. The second kappa shape index (κ2) is 4.39. The van der Waals surface area contributed by atoms with Crippen LogP contribution in [0.4, 0.5) is 0 Å². The van der Waals surface area contributed by atoms with E-state index in [4.69, 9.17) is 9.47 Å². The summed E-state index contributed by atoms with van der Waals surface area (Å²) in [6, 6.07) is 8.65. The Kier molecular flexibility index (Phi) is 2.71. The van der Waals surface area contributed by atoms with Gasteiger partial charge in [0.15, 0.2) is 0 Å². The van der Waals surface area contributed by atoms with Gasteiger partial charge in [0.25, 0.3) is 0 Å². The lowest BCUT2D eigenvalue weighted by Gasteiger charge is -2.17. The van der Waals surface area contributed by atoms with Crippen molar-refractivity contribution in [2.75, 3.05) is 6.61 Å². The molecule has 0 fully saturated rings. The van der Waals surface area contributed by atoms with Crippen molar-refractivity contribution in [3.8, 4) is 5.75 Å². The summed E-state index contributed by atoms with van der Waals surface area (Å²) in [7, 11) is 0. The summed E-state index contributed by atoms with van der Waals surface area (Å²) < 4.78 is 10.4. The standard InChI is InChI=1S/C15H12O4/c1-2-8-18-12-7-6-11-13-9(12)4-3-5-10(13)14(16)19-15(11)17/h3-7H,2,8H2,1H3. The molecule has 0 aromatic heterocycles. The molecule has 0 N–H and O–H groups in total. The molecule has 0 atom stereocenters. The van der Waals surface area contributed by atoms with Gasteiger partial charge in [-0.05, 0) is 24.6 Å². The highest BCUT2D eigenvalue weighted by molar-refractivity contribution is 6.21. The monoisotopic (exact) mass is 256 g/mol. The van der Waals surface area contributed by atoms with Crippen molar-refractivity contribution in [3.05, 3.63) is 41.5 Å². The third-order valence-corrected chi connectivity index (χ3v) is 3.09. The van der Waals surface area contributed by atoms with Crippen molar-refractivity contribution in [1.29, 1.82) is 0 Å². The molecule has 4 nitrogen and oxygen atoms in total. The van der Waals surface area contributed by atoms with Crippen LogP contribution in [0.5, 0.6) is 5.75 Å². The predicted molar refractivity (Wildman–Crippen MR) is 69.5 cm³/mol. The Bertz CT molecular complexity index is 668. The molecule has 0 aliphatic carbocycles. The summed E-state index contributed by atoms with van der Waals surface area (Å²) in [5.74, 6) is -0.517. The van der Waals surface area contributed by atoms with E-state index in [-0.39, 0.29) is 0 Å². The largest absolute Gasteiger partial charge is 0.493 e. The fraction of sp³-hybridized carbons (Fsp3) is 0.200. The maximum atomic E-state index is 11.7. The van der Waals surface area contributed by atoms with Crippen LogP contribution in [0, 0.1) is 0 Å². The van der Waals surface area contributed by atoms with E-state index in [1.54, 1.807) is 24.3 Å². The molecule has 0 unspecified atom stereocenters. The highest BCUT2D eigenvalue weighted by Crippen LogP contribution is 2.34. The molecule has 0 radical (unpaired) electrons. The number of esters is 2. The van der Waals surface area contributed by atoms with Crippen LogP contribution < -0.4 is 4.74 Å². The van der Waals surface area contributed by atoms with Gasteiger partial charge in [-0.3, -0.25) is 0 Å². The molecule has 0 saturated heterocycles. The van der Waals surface area contributed by atoms with E-state index < -0.39 is 11.9 Å². The van der Waals surface area contributed by atoms with Crippen LogP contribution in [-0.4, -0.2) is 18.5 Å². The van der Waals surface area contributed by atoms with Gasteiger partial charge in [-0.25, -0.2) is 9.59 Å². The van der Waals surface area contributed by atoms with Gasteiger partial charge in [0, 0.05) is 10.8 Å². The molecule has 3 rings (SSSR count). The Morgan fingerprint density at radius 2 is 1.79 bits per heavy atom. The van der Waals surface area contributed by atoms with E-state index in [0.717, 1.165) is 11.8 Å². The number of rotatable bonds is 3. The van der Waals surface area contributed by atoms with Crippen molar-refractivity contribution in [3.63, 3.8) is 0 Å².